The van der Waals surface area contributed by atoms with E-state index in [0.29, 0.717) is 16.9 Å². The van der Waals surface area contributed by atoms with Gasteiger partial charge in [-0.1, -0.05) is 6.07 Å². The molecule has 5 heteroatoms. The average molecular weight is 266 g/mol. The van der Waals surface area contributed by atoms with E-state index in [-0.39, 0.29) is 5.91 Å². The Balaban J connectivity index is 2.15. The van der Waals surface area contributed by atoms with Gasteiger partial charge in [-0.25, -0.2) is 4.98 Å². The molecule has 0 saturated carbocycles. The average Bonchev–Trinajstić information content (AvgIpc) is 2.48. The molecule has 20 heavy (non-hydrogen) atoms. The number of carbonyl (C=O) groups is 1. The van der Waals surface area contributed by atoms with E-state index in [1.807, 2.05) is 37.2 Å². The van der Waals surface area contributed by atoms with Gasteiger partial charge in [0.15, 0.2) is 0 Å². The zero-order chi connectivity index (χ0) is 14.5. The minimum Gasteiger partial charge on any atom is -0.378 e. The van der Waals surface area contributed by atoms with E-state index in [4.69, 9.17) is 5.26 Å². The van der Waals surface area contributed by atoms with Gasteiger partial charge in [-0.05, 0) is 30.3 Å². The molecule has 2 aromatic rings. The van der Waals surface area contributed by atoms with Crippen molar-refractivity contribution in [1.82, 2.24) is 4.98 Å². The van der Waals surface area contributed by atoms with Gasteiger partial charge < -0.3 is 10.2 Å². The second kappa shape index (κ2) is 5.85. The summed E-state index contributed by atoms with van der Waals surface area (Å²) < 4.78 is 0. The van der Waals surface area contributed by atoms with Gasteiger partial charge in [-0.3, -0.25) is 4.79 Å². The smallest absolute Gasteiger partial charge is 0.256 e. The van der Waals surface area contributed by atoms with Gasteiger partial charge in [0, 0.05) is 31.5 Å². The van der Waals surface area contributed by atoms with Crippen molar-refractivity contribution < 1.29 is 4.79 Å². The van der Waals surface area contributed by atoms with Crippen LogP contribution in [-0.2, 0) is 0 Å². The molecule has 0 aliphatic carbocycles. The van der Waals surface area contributed by atoms with Gasteiger partial charge in [0.1, 0.15) is 11.9 Å². The number of hydrogen-bond acceptors (Lipinski definition) is 4. The molecule has 1 aromatic heterocycles. The number of amides is 1. The van der Waals surface area contributed by atoms with Crippen LogP contribution >= 0.6 is 0 Å². The standard InChI is InChI=1S/C15H14N4O/c1-19(2)13-5-3-4-12(8-13)15(20)18-14-7-6-11(9-16)10-17-14/h3-8,10H,1-2H3,(H,17,18,20). The molecule has 0 aliphatic heterocycles. The van der Waals surface area contributed by atoms with E-state index in [0.717, 1.165) is 5.69 Å². The summed E-state index contributed by atoms with van der Waals surface area (Å²) >= 11 is 0. The quantitative estimate of drug-likeness (QED) is 0.925. The number of nitrogens with zero attached hydrogens (tertiary/aromatic N) is 3. The first-order valence-electron chi connectivity index (χ1n) is 6.05. The number of nitriles is 1. The normalized spacial score (nSPS) is 9.65. The van der Waals surface area contributed by atoms with Crippen molar-refractivity contribution in [3.05, 3.63) is 53.7 Å². The van der Waals surface area contributed by atoms with E-state index in [1.165, 1.54) is 6.20 Å². The van der Waals surface area contributed by atoms with Crippen molar-refractivity contribution in [2.75, 3.05) is 24.3 Å². The van der Waals surface area contributed by atoms with Crippen LogP contribution in [0.25, 0.3) is 0 Å². The zero-order valence-corrected chi connectivity index (χ0v) is 11.3. The predicted octanol–water partition coefficient (Wildman–Crippen LogP) is 2.27. The number of nitrogens with one attached hydrogen (secondary N) is 1. The Labute approximate surface area is 117 Å². The highest BCUT2D eigenvalue weighted by Gasteiger charge is 2.08. The van der Waals surface area contributed by atoms with Crippen LogP contribution in [0.15, 0.2) is 42.6 Å². The van der Waals surface area contributed by atoms with E-state index in [2.05, 4.69) is 10.3 Å². The highest BCUT2D eigenvalue weighted by molar-refractivity contribution is 6.04. The van der Waals surface area contributed by atoms with Gasteiger partial charge in [-0.15, -0.1) is 0 Å². The van der Waals surface area contributed by atoms with Gasteiger partial charge in [-0.2, -0.15) is 5.26 Å². The van der Waals surface area contributed by atoms with Crippen molar-refractivity contribution in [1.29, 1.82) is 5.26 Å². The molecule has 0 radical (unpaired) electrons. The summed E-state index contributed by atoms with van der Waals surface area (Å²) in [6.07, 6.45) is 1.42. The Kier molecular flexibility index (Phi) is 3.96. The topological polar surface area (TPSA) is 69.0 Å². The lowest BCUT2D eigenvalue weighted by atomic mass is 10.2. The Bertz CT molecular complexity index is 656. The highest BCUT2D eigenvalue weighted by atomic mass is 16.1. The maximum absolute atomic E-state index is 12.1. The molecule has 1 aromatic carbocycles. The monoisotopic (exact) mass is 266 g/mol. The second-order valence-corrected chi connectivity index (χ2v) is 4.44. The summed E-state index contributed by atoms with van der Waals surface area (Å²) in [4.78, 5) is 18.0. The number of rotatable bonds is 3. The molecule has 0 saturated heterocycles. The van der Waals surface area contributed by atoms with Crippen LogP contribution in [0.4, 0.5) is 11.5 Å². The Hall–Kier alpha value is -2.87. The summed E-state index contributed by atoms with van der Waals surface area (Å²) in [5.74, 6) is 0.190. The number of aromatic nitrogens is 1. The van der Waals surface area contributed by atoms with Crippen molar-refractivity contribution in [3.63, 3.8) is 0 Å². The summed E-state index contributed by atoms with van der Waals surface area (Å²) in [5, 5.41) is 11.4. The van der Waals surface area contributed by atoms with Crippen LogP contribution < -0.4 is 10.2 Å². The zero-order valence-electron chi connectivity index (χ0n) is 11.3. The molecule has 100 valence electrons. The molecule has 0 atom stereocenters. The molecule has 1 heterocycles. The van der Waals surface area contributed by atoms with Crippen LogP contribution in [0.1, 0.15) is 15.9 Å². The fourth-order valence-corrected chi connectivity index (χ4v) is 1.65. The lowest BCUT2D eigenvalue weighted by Crippen LogP contribution is -2.14. The van der Waals surface area contributed by atoms with E-state index in [9.17, 15) is 4.79 Å². The molecule has 2 rings (SSSR count). The molecule has 5 nitrogen and oxygen atoms in total. The van der Waals surface area contributed by atoms with Crippen LogP contribution in [0.2, 0.25) is 0 Å². The fraction of sp³-hybridized carbons (Fsp3) is 0.133. The largest absolute Gasteiger partial charge is 0.378 e. The van der Waals surface area contributed by atoms with Crippen LogP contribution in [-0.4, -0.2) is 25.0 Å². The Morgan fingerprint density at radius 2 is 2.10 bits per heavy atom. The first kappa shape index (κ1) is 13.6. The molecular weight excluding hydrogens is 252 g/mol. The van der Waals surface area contributed by atoms with Gasteiger partial charge in [0.05, 0.1) is 5.56 Å². The first-order chi connectivity index (χ1) is 9.60. The van der Waals surface area contributed by atoms with Gasteiger partial charge in [0.25, 0.3) is 5.91 Å². The molecule has 1 N–H and O–H groups in total. The summed E-state index contributed by atoms with van der Waals surface area (Å²) in [6.45, 7) is 0. The highest BCUT2D eigenvalue weighted by Crippen LogP contribution is 2.14. The lowest BCUT2D eigenvalue weighted by Gasteiger charge is -2.13. The summed E-state index contributed by atoms with van der Waals surface area (Å²) in [5.41, 5.74) is 1.96. The number of pyridine rings is 1. The SMILES string of the molecule is CN(C)c1cccc(C(=O)Nc2ccc(C#N)cn2)c1. The van der Waals surface area contributed by atoms with Crippen molar-refractivity contribution in [2.24, 2.45) is 0 Å². The predicted molar refractivity (Wildman–Crippen MR) is 77.7 cm³/mol. The van der Waals surface area contributed by atoms with E-state index in [1.54, 1.807) is 24.3 Å². The Morgan fingerprint density at radius 3 is 2.70 bits per heavy atom. The minimum atomic E-state index is -0.231. The Morgan fingerprint density at radius 1 is 1.30 bits per heavy atom. The second-order valence-electron chi connectivity index (χ2n) is 4.44. The van der Waals surface area contributed by atoms with E-state index >= 15 is 0 Å². The fourth-order valence-electron chi connectivity index (χ4n) is 1.65. The maximum atomic E-state index is 12.1. The van der Waals surface area contributed by atoms with Crippen molar-refractivity contribution in [3.8, 4) is 6.07 Å². The third-order valence-electron chi connectivity index (χ3n) is 2.76. The van der Waals surface area contributed by atoms with Crippen molar-refractivity contribution in [2.45, 2.75) is 0 Å². The first-order valence-corrected chi connectivity index (χ1v) is 6.05. The molecule has 1 amide bonds. The maximum Gasteiger partial charge on any atom is 0.256 e. The molecule has 0 bridgehead atoms. The minimum absolute atomic E-state index is 0.231. The number of hydrogen-bond donors (Lipinski definition) is 1. The number of anilines is 2. The molecule has 0 aliphatic rings. The molecular formula is C15H14N4O. The summed E-state index contributed by atoms with van der Waals surface area (Å²) in [6, 6.07) is 12.5. The lowest BCUT2D eigenvalue weighted by molar-refractivity contribution is 0.102. The third kappa shape index (κ3) is 3.12. The number of benzene rings is 1. The number of carbonyl (C=O) groups excluding carboxylic acids is 1. The van der Waals surface area contributed by atoms with E-state index < -0.39 is 0 Å². The summed E-state index contributed by atoms with van der Waals surface area (Å²) in [7, 11) is 3.83. The van der Waals surface area contributed by atoms with Crippen molar-refractivity contribution >= 4 is 17.4 Å². The van der Waals surface area contributed by atoms with Gasteiger partial charge in [0.2, 0.25) is 0 Å². The van der Waals surface area contributed by atoms with Gasteiger partial charge >= 0.3 is 0 Å². The third-order valence-corrected chi connectivity index (χ3v) is 2.76. The van der Waals surface area contributed by atoms with Crippen LogP contribution in [0.3, 0.4) is 0 Å². The molecule has 0 unspecified atom stereocenters. The van der Waals surface area contributed by atoms with Crippen LogP contribution in [0.5, 0.6) is 0 Å². The van der Waals surface area contributed by atoms with Crippen LogP contribution in [0, 0.1) is 11.3 Å². The molecule has 0 fully saturated rings. The molecule has 0 spiro atoms.